The molecule has 0 spiro atoms. The van der Waals surface area contributed by atoms with Crippen molar-refractivity contribution in [1.29, 1.82) is 0 Å². The van der Waals surface area contributed by atoms with Gasteiger partial charge in [0.05, 0.1) is 0 Å². The Bertz CT molecular complexity index is 615. The van der Waals surface area contributed by atoms with E-state index in [-0.39, 0.29) is 5.91 Å². The highest BCUT2D eigenvalue weighted by Crippen LogP contribution is 2.11. The summed E-state index contributed by atoms with van der Waals surface area (Å²) in [6, 6.07) is 16.1. The molecule has 2 nitrogen and oxygen atoms in total. The van der Waals surface area contributed by atoms with Gasteiger partial charge >= 0.3 is 0 Å². The third-order valence-corrected chi connectivity index (χ3v) is 3.15. The molecule has 0 radical (unpaired) electrons. The van der Waals surface area contributed by atoms with Crippen LogP contribution in [-0.4, -0.2) is 5.91 Å². The molecule has 0 saturated heterocycles. The first-order valence-electron chi connectivity index (χ1n) is 6.72. The first kappa shape index (κ1) is 14.1. The summed E-state index contributed by atoms with van der Waals surface area (Å²) in [7, 11) is 0. The number of benzene rings is 2. The molecule has 0 heterocycles. The number of nitrogens with one attached hydrogen (secondary N) is 1. The number of hydrogen-bond donors (Lipinski definition) is 1. The van der Waals surface area contributed by atoms with Crippen molar-refractivity contribution >= 4 is 12.0 Å². The minimum absolute atomic E-state index is 0.0752. The van der Waals surface area contributed by atoms with Crippen molar-refractivity contribution in [3.05, 3.63) is 76.9 Å². The summed E-state index contributed by atoms with van der Waals surface area (Å²) in [5.74, 6) is -0.0752. The largest absolute Gasteiger partial charge is 0.348 e. The summed E-state index contributed by atoms with van der Waals surface area (Å²) in [6.45, 7) is 4.67. The van der Waals surface area contributed by atoms with Gasteiger partial charge in [-0.3, -0.25) is 4.79 Å². The van der Waals surface area contributed by atoms with E-state index in [0.29, 0.717) is 6.54 Å². The van der Waals surface area contributed by atoms with Crippen molar-refractivity contribution in [2.45, 2.75) is 20.4 Å². The van der Waals surface area contributed by atoms with Crippen molar-refractivity contribution in [3.8, 4) is 0 Å². The van der Waals surface area contributed by atoms with Crippen LogP contribution in [0.15, 0.2) is 54.6 Å². The van der Waals surface area contributed by atoms with E-state index in [1.807, 2.05) is 42.5 Å². The maximum atomic E-state index is 11.8. The van der Waals surface area contributed by atoms with Crippen LogP contribution in [0.25, 0.3) is 6.08 Å². The number of rotatable bonds is 4. The number of carbonyl (C=O) groups is 1. The van der Waals surface area contributed by atoms with Gasteiger partial charge in [0.15, 0.2) is 0 Å². The van der Waals surface area contributed by atoms with Crippen LogP contribution in [-0.2, 0) is 11.3 Å². The van der Waals surface area contributed by atoms with Crippen LogP contribution in [0.5, 0.6) is 0 Å². The summed E-state index contributed by atoms with van der Waals surface area (Å²) in [4.78, 5) is 11.8. The second-order valence-electron chi connectivity index (χ2n) is 4.90. The van der Waals surface area contributed by atoms with E-state index in [9.17, 15) is 4.79 Å². The molecule has 0 bridgehead atoms. The van der Waals surface area contributed by atoms with Gasteiger partial charge in [0.1, 0.15) is 0 Å². The van der Waals surface area contributed by atoms with E-state index in [4.69, 9.17) is 0 Å². The highest BCUT2D eigenvalue weighted by atomic mass is 16.1. The quantitative estimate of drug-likeness (QED) is 0.840. The van der Waals surface area contributed by atoms with Crippen molar-refractivity contribution in [2.24, 2.45) is 0 Å². The molecule has 0 aromatic heterocycles. The van der Waals surface area contributed by atoms with Crippen LogP contribution in [0, 0.1) is 13.8 Å². The predicted molar refractivity (Wildman–Crippen MR) is 83.2 cm³/mol. The number of hydrogen-bond acceptors (Lipinski definition) is 1. The van der Waals surface area contributed by atoms with Gasteiger partial charge in [-0.15, -0.1) is 0 Å². The minimum atomic E-state index is -0.0752. The molecule has 2 aromatic carbocycles. The SMILES string of the molecule is Cc1ccc(/C=C/C(=O)NCc2ccccc2)c(C)c1. The average molecular weight is 265 g/mol. The van der Waals surface area contributed by atoms with E-state index >= 15 is 0 Å². The molecule has 0 aliphatic carbocycles. The second kappa shape index (κ2) is 6.71. The molecule has 20 heavy (non-hydrogen) atoms. The first-order chi connectivity index (χ1) is 9.65. The molecule has 2 aromatic rings. The van der Waals surface area contributed by atoms with Crippen LogP contribution < -0.4 is 5.32 Å². The molecule has 1 amide bonds. The first-order valence-corrected chi connectivity index (χ1v) is 6.72. The Morgan fingerprint density at radius 3 is 2.55 bits per heavy atom. The third-order valence-electron chi connectivity index (χ3n) is 3.15. The summed E-state index contributed by atoms with van der Waals surface area (Å²) in [6.07, 6.45) is 3.44. The van der Waals surface area contributed by atoms with E-state index in [1.165, 1.54) is 11.1 Å². The Morgan fingerprint density at radius 1 is 1.10 bits per heavy atom. The second-order valence-corrected chi connectivity index (χ2v) is 4.90. The molecule has 2 rings (SSSR count). The maximum absolute atomic E-state index is 11.8. The zero-order valence-electron chi connectivity index (χ0n) is 11.9. The monoisotopic (exact) mass is 265 g/mol. The Labute approximate surface area is 120 Å². The van der Waals surface area contributed by atoms with Crippen molar-refractivity contribution < 1.29 is 4.79 Å². The number of amides is 1. The summed E-state index contributed by atoms with van der Waals surface area (Å²) in [5, 5.41) is 2.87. The summed E-state index contributed by atoms with van der Waals surface area (Å²) in [5.41, 5.74) is 4.58. The fourth-order valence-electron chi connectivity index (χ4n) is 2.02. The fourth-order valence-corrected chi connectivity index (χ4v) is 2.02. The lowest BCUT2D eigenvalue weighted by atomic mass is 10.1. The van der Waals surface area contributed by atoms with Crippen LogP contribution in [0.4, 0.5) is 0 Å². The lowest BCUT2D eigenvalue weighted by Crippen LogP contribution is -2.20. The van der Waals surface area contributed by atoms with Gasteiger partial charge < -0.3 is 5.32 Å². The highest BCUT2D eigenvalue weighted by molar-refractivity contribution is 5.91. The van der Waals surface area contributed by atoms with Gasteiger partial charge in [-0.25, -0.2) is 0 Å². The molecule has 0 atom stereocenters. The zero-order chi connectivity index (χ0) is 14.4. The van der Waals surface area contributed by atoms with Gasteiger partial charge in [0.25, 0.3) is 0 Å². The third kappa shape index (κ3) is 4.09. The van der Waals surface area contributed by atoms with Crippen molar-refractivity contribution in [1.82, 2.24) is 5.32 Å². The molecule has 2 heteroatoms. The average Bonchev–Trinajstić information content (AvgIpc) is 2.45. The van der Waals surface area contributed by atoms with Crippen molar-refractivity contribution in [2.75, 3.05) is 0 Å². The Balaban J connectivity index is 1.92. The molecule has 102 valence electrons. The molecule has 0 saturated carbocycles. The van der Waals surface area contributed by atoms with E-state index < -0.39 is 0 Å². The summed E-state index contributed by atoms with van der Waals surface area (Å²) >= 11 is 0. The topological polar surface area (TPSA) is 29.1 Å². The normalized spacial score (nSPS) is 10.7. The lowest BCUT2D eigenvalue weighted by Gasteiger charge is -2.03. The Hall–Kier alpha value is -2.35. The van der Waals surface area contributed by atoms with Gasteiger partial charge in [0, 0.05) is 12.6 Å². The lowest BCUT2D eigenvalue weighted by molar-refractivity contribution is -0.116. The molecule has 1 N–H and O–H groups in total. The molecular weight excluding hydrogens is 246 g/mol. The Kier molecular flexibility index (Phi) is 4.72. The van der Waals surface area contributed by atoms with Crippen molar-refractivity contribution in [3.63, 3.8) is 0 Å². The molecule has 0 aliphatic heterocycles. The van der Waals surface area contributed by atoms with Gasteiger partial charge in [-0.2, -0.15) is 0 Å². The Morgan fingerprint density at radius 2 is 1.85 bits per heavy atom. The van der Waals surface area contributed by atoms with Gasteiger partial charge in [-0.1, -0.05) is 54.1 Å². The molecular formula is C18H19NO. The van der Waals surface area contributed by atoms with Gasteiger partial charge in [-0.05, 0) is 36.6 Å². The number of aryl methyl sites for hydroxylation is 2. The number of carbonyl (C=O) groups excluding carboxylic acids is 1. The fraction of sp³-hybridized carbons (Fsp3) is 0.167. The van der Waals surface area contributed by atoms with E-state index in [2.05, 4.69) is 31.3 Å². The molecule has 0 unspecified atom stereocenters. The maximum Gasteiger partial charge on any atom is 0.244 e. The molecule has 0 fully saturated rings. The van der Waals surface area contributed by atoms with Gasteiger partial charge in [0.2, 0.25) is 5.91 Å². The van der Waals surface area contributed by atoms with E-state index in [0.717, 1.165) is 11.1 Å². The smallest absolute Gasteiger partial charge is 0.244 e. The zero-order valence-corrected chi connectivity index (χ0v) is 11.9. The predicted octanol–water partition coefficient (Wildman–Crippen LogP) is 3.63. The molecule has 0 aliphatic rings. The summed E-state index contributed by atoms with van der Waals surface area (Å²) < 4.78 is 0. The van der Waals surface area contributed by atoms with Crippen LogP contribution in [0.2, 0.25) is 0 Å². The minimum Gasteiger partial charge on any atom is -0.348 e. The van der Waals surface area contributed by atoms with Crippen LogP contribution in [0.3, 0.4) is 0 Å². The highest BCUT2D eigenvalue weighted by Gasteiger charge is 1.98. The van der Waals surface area contributed by atoms with Crippen LogP contribution in [0.1, 0.15) is 22.3 Å². The van der Waals surface area contributed by atoms with E-state index in [1.54, 1.807) is 6.08 Å². The van der Waals surface area contributed by atoms with Crippen LogP contribution >= 0.6 is 0 Å². The standard InChI is InChI=1S/C18H19NO/c1-14-8-9-17(15(2)12-14)10-11-18(20)19-13-16-6-4-3-5-7-16/h3-12H,13H2,1-2H3,(H,19,20)/b11-10+.